The lowest BCUT2D eigenvalue weighted by Gasteiger charge is -2.04. The molecule has 3 aromatic heterocycles. The van der Waals surface area contributed by atoms with Crippen LogP contribution in [0.2, 0.25) is 0 Å². The highest BCUT2D eigenvalue weighted by Gasteiger charge is 2.08. The van der Waals surface area contributed by atoms with E-state index in [0.29, 0.717) is 10.9 Å². The molecule has 3 aromatic rings. The van der Waals surface area contributed by atoms with Crippen molar-refractivity contribution in [3.8, 4) is 0 Å². The van der Waals surface area contributed by atoms with Gasteiger partial charge in [0.15, 0.2) is 5.13 Å². The van der Waals surface area contributed by atoms with Gasteiger partial charge in [0.05, 0.1) is 0 Å². The highest BCUT2D eigenvalue weighted by atomic mass is 32.1. The predicted molar refractivity (Wildman–Crippen MR) is 79.0 cm³/mol. The summed E-state index contributed by atoms with van der Waals surface area (Å²) < 4.78 is 0. The van der Waals surface area contributed by atoms with Crippen molar-refractivity contribution in [3.63, 3.8) is 0 Å². The number of nitrogens with one attached hydrogen (secondary N) is 2. The number of anilines is 2. The number of hydrogen-bond acceptors (Lipinski definition) is 5. The van der Waals surface area contributed by atoms with Gasteiger partial charge in [-0.15, -0.1) is 0 Å². The lowest BCUT2D eigenvalue weighted by atomic mass is 10.3. The monoisotopic (exact) mass is 285 g/mol. The Morgan fingerprint density at radius 3 is 2.90 bits per heavy atom. The summed E-state index contributed by atoms with van der Waals surface area (Å²) >= 11 is 1.32. The lowest BCUT2D eigenvalue weighted by Crippen LogP contribution is -2.19. The van der Waals surface area contributed by atoms with E-state index in [-0.39, 0.29) is 6.03 Å². The zero-order valence-corrected chi connectivity index (χ0v) is 11.4. The number of carbonyl (C=O) groups excluding carboxylic acids is 1. The van der Waals surface area contributed by atoms with E-state index >= 15 is 0 Å². The van der Waals surface area contributed by atoms with Crippen LogP contribution in [-0.4, -0.2) is 21.0 Å². The first-order valence-electron chi connectivity index (χ1n) is 5.93. The number of carbonyl (C=O) groups is 1. The van der Waals surface area contributed by atoms with Crippen molar-refractivity contribution in [1.82, 2.24) is 15.0 Å². The van der Waals surface area contributed by atoms with Crippen molar-refractivity contribution in [2.45, 2.75) is 6.92 Å². The van der Waals surface area contributed by atoms with Crippen LogP contribution < -0.4 is 10.6 Å². The maximum Gasteiger partial charge on any atom is 0.326 e. The number of rotatable bonds is 2. The van der Waals surface area contributed by atoms with E-state index in [1.54, 1.807) is 18.5 Å². The van der Waals surface area contributed by atoms with Crippen LogP contribution in [0, 0.1) is 6.92 Å². The summed E-state index contributed by atoms with van der Waals surface area (Å²) in [5.41, 5.74) is 1.79. The molecule has 0 saturated heterocycles. The third-order valence-electron chi connectivity index (χ3n) is 2.54. The molecule has 0 saturated carbocycles. The molecular formula is C13H11N5OS. The summed E-state index contributed by atoms with van der Waals surface area (Å²) in [7, 11) is 0. The van der Waals surface area contributed by atoms with Crippen LogP contribution in [-0.2, 0) is 0 Å². The standard InChI is InChI=1S/C13H11N5OS/c1-8-4-6-14-10(7-8)17-12(19)18-13-16-9-3-2-5-15-11(9)20-13/h2-7H,1H3,(H2,14,16,17,18,19). The summed E-state index contributed by atoms with van der Waals surface area (Å²) in [6.45, 7) is 1.93. The second kappa shape index (κ2) is 5.22. The molecule has 0 radical (unpaired) electrons. The first-order valence-corrected chi connectivity index (χ1v) is 6.74. The molecular weight excluding hydrogens is 274 g/mol. The first-order chi connectivity index (χ1) is 9.70. The molecule has 7 heteroatoms. The van der Waals surface area contributed by atoms with Crippen LogP contribution in [0.1, 0.15) is 5.56 Å². The van der Waals surface area contributed by atoms with Gasteiger partial charge in [0.2, 0.25) is 0 Å². The Balaban J connectivity index is 1.72. The average molecular weight is 285 g/mol. The summed E-state index contributed by atoms with van der Waals surface area (Å²) in [5.74, 6) is 0.502. The predicted octanol–water partition coefficient (Wildman–Crippen LogP) is 3.04. The van der Waals surface area contributed by atoms with Gasteiger partial charge < -0.3 is 0 Å². The first kappa shape index (κ1) is 12.5. The average Bonchev–Trinajstić information content (AvgIpc) is 2.80. The summed E-state index contributed by atoms with van der Waals surface area (Å²) in [5, 5.41) is 5.84. The van der Waals surface area contributed by atoms with Crippen LogP contribution in [0.5, 0.6) is 0 Å². The molecule has 3 heterocycles. The Bertz CT molecular complexity index is 737. The highest BCUT2D eigenvalue weighted by molar-refractivity contribution is 7.21. The number of aryl methyl sites for hydroxylation is 1. The SMILES string of the molecule is Cc1ccnc(NC(=O)Nc2nc3cccnc3s2)c1. The third kappa shape index (κ3) is 2.72. The smallest absolute Gasteiger partial charge is 0.292 e. The molecule has 3 rings (SSSR count). The Morgan fingerprint density at radius 1 is 1.20 bits per heavy atom. The Labute approximate surface area is 118 Å². The van der Waals surface area contributed by atoms with E-state index < -0.39 is 0 Å². The summed E-state index contributed by atoms with van der Waals surface area (Å²) in [6.07, 6.45) is 3.34. The van der Waals surface area contributed by atoms with Crippen molar-refractivity contribution in [3.05, 3.63) is 42.2 Å². The second-order valence-electron chi connectivity index (χ2n) is 4.14. The third-order valence-corrected chi connectivity index (χ3v) is 3.44. The van der Waals surface area contributed by atoms with Gasteiger partial charge in [-0.3, -0.25) is 10.6 Å². The van der Waals surface area contributed by atoms with Gasteiger partial charge in [0.1, 0.15) is 16.2 Å². The molecule has 0 fully saturated rings. The molecule has 0 bridgehead atoms. The normalized spacial score (nSPS) is 10.4. The zero-order valence-electron chi connectivity index (χ0n) is 10.6. The number of fused-ring (bicyclic) bond motifs is 1. The quantitative estimate of drug-likeness (QED) is 0.758. The number of nitrogens with zero attached hydrogens (tertiary/aromatic N) is 3. The number of hydrogen-bond donors (Lipinski definition) is 2. The van der Waals surface area contributed by atoms with Gasteiger partial charge in [0.25, 0.3) is 0 Å². The van der Waals surface area contributed by atoms with Crippen molar-refractivity contribution >= 4 is 38.7 Å². The largest absolute Gasteiger partial charge is 0.326 e. The molecule has 2 N–H and O–H groups in total. The van der Waals surface area contributed by atoms with E-state index in [1.807, 2.05) is 25.1 Å². The topological polar surface area (TPSA) is 79.8 Å². The summed E-state index contributed by atoms with van der Waals surface area (Å²) in [4.78, 5) is 25.2. The van der Waals surface area contributed by atoms with Gasteiger partial charge in [-0.05, 0) is 36.8 Å². The fraction of sp³-hybridized carbons (Fsp3) is 0.0769. The van der Waals surface area contributed by atoms with Gasteiger partial charge in [-0.25, -0.2) is 19.7 Å². The lowest BCUT2D eigenvalue weighted by molar-refractivity contribution is 0.262. The molecule has 2 amide bonds. The van der Waals surface area contributed by atoms with E-state index in [2.05, 4.69) is 25.6 Å². The van der Waals surface area contributed by atoms with E-state index in [1.165, 1.54) is 11.3 Å². The van der Waals surface area contributed by atoms with E-state index in [4.69, 9.17) is 0 Å². The minimum Gasteiger partial charge on any atom is -0.292 e. The maximum absolute atomic E-state index is 11.9. The Morgan fingerprint density at radius 2 is 2.10 bits per heavy atom. The van der Waals surface area contributed by atoms with E-state index in [9.17, 15) is 4.79 Å². The number of aromatic nitrogens is 3. The minimum atomic E-state index is -0.373. The van der Waals surface area contributed by atoms with Gasteiger partial charge in [-0.2, -0.15) is 0 Å². The van der Waals surface area contributed by atoms with Crippen molar-refractivity contribution < 1.29 is 4.79 Å². The molecule has 100 valence electrons. The second-order valence-corrected chi connectivity index (χ2v) is 5.12. The van der Waals surface area contributed by atoms with Gasteiger partial charge in [0, 0.05) is 12.4 Å². The maximum atomic E-state index is 11.9. The van der Waals surface area contributed by atoms with Crippen LogP contribution in [0.3, 0.4) is 0 Å². The fourth-order valence-electron chi connectivity index (χ4n) is 1.67. The van der Waals surface area contributed by atoms with Gasteiger partial charge >= 0.3 is 6.03 Å². The summed E-state index contributed by atoms with van der Waals surface area (Å²) in [6, 6.07) is 6.94. The zero-order chi connectivity index (χ0) is 13.9. The molecule has 0 aliphatic heterocycles. The van der Waals surface area contributed by atoms with Crippen molar-refractivity contribution in [2.75, 3.05) is 10.6 Å². The van der Waals surface area contributed by atoms with Crippen molar-refractivity contribution in [1.29, 1.82) is 0 Å². The molecule has 0 aliphatic rings. The number of pyridine rings is 2. The number of urea groups is 1. The molecule has 6 nitrogen and oxygen atoms in total. The van der Waals surface area contributed by atoms with Crippen LogP contribution in [0.25, 0.3) is 10.3 Å². The molecule has 0 aromatic carbocycles. The van der Waals surface area contributed by atoms with Crippen LogP contribution >= 0.6 is 11.3 Å². The Hall–Kier alpha value is -2.54. The van der Waals surface area contributed by atoms with Crippen molar-refractivity contribution in [2.24, 2.45) is 0 Å². The van der Waals surface area contributed by atoms with Crippen LogP contribution in [0.4, 0.5) is 15.7 Å². The van der Waals surface area contributed by atoms with Crippen LogP contribution in [0.15, 0.2) is 36.7 Å². The molecule has 0 unspecified atom stereocenters. The number of thiazole rings is 1. The molecule has 0 spiro atoms. The van der Waals surface area contributed by atoms with E-state index in [0.717, 1.165) is 15.9 Å². The molecule has 20 heavy (non-hydrogen) atoms. The molecule has 0 aliphatic carbocycles. The minimum absolute atomic E-state index is 0.373. The fourth-order valence-corrected chi connectivity index (χ4v) is 2.48. The Kier molecular flexibility index (Phi) is 3.26. The van der Waals surface area contributed by atoms with Gasteiger partial charge in [-0.1, -0.05) is 11.3 Å². The highest BCUT2D eigenvalue weighted by Crippen LogP contribution is 2.23. The molecule has 0 atom stereocenters. The number of amides is 2.